The average Bonchev–Trinajstić information content (AvgIpc) is 2.78. The van der Waals surface area contributed by atoms with Crippen molar-refractivity contribution in [3.8, 4) is 0 Å². The lowest BCUT2D eigenvalue weighted by Gasteiger charge is -2.18. The van der Waals surface area contributed by atoms with Crippen LogP contribution >= 0.6 is 0 Å². The molecule has 19 heavy (non-hydrogen) atoms. The van der Waals surface area contributed by atoms with E-state index in [0.29, 0.717) is 5.56 Å². The van der Waals surface area contributed by atoms with Crippen LogP contribution in [-0.4, -0.2) is 16.3 Å². The van der Waals surface area contributed by atoms with E-state index in [1.807, 2.05) is 31.6 Å². The monoisotopic (exact) mass is 261 g/mol. The normalized spacial score (nSPS) is 12.6. The first-order valence-corrected chi connectivity index (χ1v) is 6.57. The molecule has 3 nitrogen and oxygen atoms in total. The van der Waals surface area contributed by atoms with Crippen molar-refractivity contribution in [2.24, 2.45) is 7.05 Å². The van der Waals surface area contributed by atoms with Gasteiger partial charge in [-0.1, -0.05) is 19.1 Å². The first-order valence-electron chi connectivity index (χ1n) is 6.57. The molecule has 0 aliphatic heterocycles. The second kappa shape index (κ2) is 5.97. The van der Waals surface area contributed by atoms with Gasteiger partial charge in [0, 0.05) is 19.3 Å². The lowest BCUT2D eigenvalue weighted by Crippen LogP contribution is -2.23. The number of rotatable bonds is 5. The Morgan fingerprint density at radius 2 is 2.21 bits per heavy atom. The van der Waals surface area contributed by atoms with Crippen molar-refractivity contribution >= 4 is 0 Å². The highest BCUT2D eigenvalue weighted by atomic mass is 19.1. The van der Waals surface area contributed by atoms with Gasteiger partial charge in [-0.2, -0.15) is 5.10 Å². The summed E-state index contributed by atoms with van der Waals surface area (Å²) in [7, 11) is 1.91. The summed E-state index contributed by atoms with van der Waals surface area (Å²) in [6.07, 6.45) is 4.74. The Hall–Kier alpha value is -1.68. The molecule has 1 N–H and O–H groups in total. The molecule has 4 heteroatoms. The maximum Gasteiger partial charge on any atom is 0.126 e. The molecule has 0 aliphatic carbocycles. The number of halogens is 1. The highest BCUT2D eigenvalue weighted by Crippen LogP contribution is 2.20. The van der Waals surface area contributed by atoms with Gasteiger partial charge in [0.2, 0.25) is 0 Å². The molecule has 2 rings (SSSR count). The Bertz CT molecular complexity index is 548. The van der Waals surface area contributed by atoms with Crippen molar-refractivity contribution in [3.05, 3.63) is 53.1 Å². The summed E-state index contributed by atoms with van der Waals surface area (Å²) in [6.45, 7) is 4.75. The Morgan fingerprint density at radius 1 is 1.42 bits per heavy atom. The van der Waals surface area contributed by atoms with Crippen LogP contribution in [0.15, 0.2) is 30.6 Å². The first kappa shape index (κ1) is 13.7. The van der Waals surface area contributed by atoms with Crippen LogP contribution < -0.4 is 5.32 Å². The molecule has 1 unspecified atom stereocenters. The molecule has 0 fully saturated rings. The van der Waals surface area contributed by atoms with Crippen LogP contribution in [0, 0.1) is 12.7 Å². The maximum atomic E-state index is 13.3. The molecule has 0 aliphatic rings. The fraction of sp³-hybridized carbons (Fsp3) is 0.400. The second-order valence-corrected chi connectivity index (χ2v) is 4.85. The van der Waals surface area contributed by atoms with Crippen LogP contribution in [0.4, 0.5) is 4.39 Å². The smallest absolute Gasteiger partial charge is 0.126 e. The van der Waals surface area contributed by atoms with Gasteiger partial charge in [0.1, 0.15) is 5.82 Å². The molecule has 1 aromatic heterocycles. The summed E-state index contributed by atoms with van der Waals surface area (Å²) in [5.41, 5.74) is 2.98. The van der Waals surface area contributed by atoms with E-state index in [9.17, 15) is 4.39 Å². The van der Waals surface area contributed by atoms with E-state index in [2.05, 4.69) is 17.3 Å². The number of aromatic nitrogens is 2. The van der Waals surface area contributed by atoms with Gasteiger partial charge < -0.3 is 5.32 Å². The number of hydrogen-bond acceptors (Lipinski definition) is 2. The molecular formula is C15H20FN3. The van der Waals surface area contributed by atoms with Crippen molar-refractivity contribution in [1.82, 2.24) is 15.1 Å². The zero-order valence-corrected chi connectivity index (χ0v) is 11.7. The molecule has 102 valence electrons. The topological polar surface area (TPSA) is 29.9 Å². The van der Waals surface area contributed by atoms with Gasteiger partial charge in [-0.05, 0) is 42.6 Å². The summed E-state index contributed by atoms with van der Waals surface area (Å²) in [6, 6.07) is 5.50. The molecule has 1 heterocycles. The molecule has 0 saturated carbocycles. The van der Waals surface area contributed by atoms with E-state index < -0.39 is 0 Å². The third-order valence-electron chi connectivity index (χ3n) is 3.23. The zero-order valence-electron chi connectivity index (χ0n) is 11.7. The molecule has 1 aromatic carbocycles. The number of hydrogen-bond donors (Lipinski definition) is 1. The van der Waals surface area contributed by atoms with Gasteiger partial charge in [0.05, 0.1) is 6.20 Å². The van der Waals surface area contributed by atoms with E-state index in [1.54, 1.807) is 11.6 Å². The van der Waals surface area contributed by atoms with Gasteiger partial charge in [-0.25, -0.2) is 4.39 Å². The minimum absolute atomic E-state index is 0.152. The summed E-state index contributed by atoms with van der Waals surface area (Å²) < 4.78 is 15.1. The lowest BCUT2D eigenvalue weighted by molar-refractivity contribution is 0.546. The number of benzene rings is 1. The van der Waals surface area contributed by atoms with Crippen molar-refractivity contribution in [1.29, 1.82) is 0 Å². The van der Waals surface area contributed by atoms with Crippen LogP contribution in [0.5, 0.6) is 0 Å². The highest BCUT2D eigenvalue weighted by Gasteiger charge is 2.13. The predicted octanol–water partition coefficient (Wildman–Crippen LogP) is 2.76. The summed E-state index contributed by atoms with van der Waals surface area (Å²) in [5, 5.41) is 7.63. The van der Waals surface area contributed by atoms with Crippen molar-refractivity contribution < 1.29 is 4.39 Å². The van der Waals surface area contributed by atoms with Crippen LogP contribution in [0.2, 0.25) is 0 Å². The van der Waals surface area contributed by atoms with Crippen LogP contribution in [0.3, 0.4) is 0 Å². The summed E-state index contributed by atoms with van der Waals surface area (Å²) >= 11 is 0. The van der Waals surface area contributed by atoms with E-state index in [0.717, 1.165) is 18.5 Å². The molecule has 0 amide bonds. The molecule has 2 aromatic rings. The summed E-state index contributed by atoms with van der Waals surface area (Å²) in [5.74, 6) is -0.152. The molecular weight excluding hydrogens is 241 g/mol. The van der Waals surface area contributed by atoms with Crippen LogP contribution in [0.1, 0.15) is 29.7 Å². The van der Waals surface area contributed by atoms with Gasteiger partial charge >= 0.3 is 0 Å². The minimum Gasteiger partial charge on any atom is -0.310 e. The molecule has 1 atom stereocenters. The number of aryl methyl sites for hydroxylation is 2. The fourth-order valence-corrected chi connectivity index (χ4v) is 2.25. The Labute approximate surface area is 113 Å². The number of nitrogens with zero attached hydrogens (tertiary/aromatic N) is 2. The molecule has 0 spiro atoms. The quantitative estimate of drug-likeness (QED) is 0.897. The van der Waals surface area contributed by atoms with Gasteiger partial charge in [-0.3, -0.25) is 4.68 Å². The van der Waals surface area contributed by atoms with Crippen molar-refractivity contribution in [3.63, 3.8) is 0 Å². The number of likely N-dealkylation sites (N-methyl/N-ethyl adjacent to an activating group) is 1. The van der Waals surface area contributed by atoms with E-state index in [1.165, 1.54) is 11.6 Å². The van der Waals surface area contributed by atoms with Gasteiger partial charge in [-0.15, -0.1) is 0 Å². The minimum atomic E-state index is -0.152. The third kappa shape index (κ3) is 3.41. The third-order valence-corrected chi connectivity index (χ3v) is 3.23. The van der Waals surface area contributed by atoms with E-state index in [4.69, 9.17) is 0 Å². The predicted molar refractivity (Wildman–Crippen MR) is 74.5 cm³/mol. The van der Waals surface area contributed by atoms with Gasteiger partial charge in [0.25, 0.3) is 0 Å². The molecule has 0 bridgehead atoms. The highest BCUT2D eigenvalue weighted by molar-refractivity contribution is 5.28. The van der Waals surface area contributed by atoms with Gasteiger partial charge in [0.15, 0.2) is 0 Å². The average molecular weight is 261 g/mol. The largest absolute Gasteiger partial charge is 0.310 e. The zero-order chi connectivity index (χ0) is 13.8. The molecule has 0 radical (unpaired) electrons. The standard InChI is InChI=1S/C15H20FN3/c1-4-17-15(8-12-9-18-19(3)10-12)13-5-6-14(16)11(2)7-13/h5-7,9-10,15,17H,4,8H2,1-3H3. The SMILES string of the molecule is CCNC(Cc1cnn(C)c1)c1ccc(F)c(C)c1. The number of nitrogens with one attached hydrogen (secondary N) is 1. The van der Waals surface area contributed by atoms with Crippen LogP contribution in [-0.2, 0) is 13.5 Å². The summed E-state index contributed by atoms with van der Waals surface area (Å²) in [4.78, 5) is 0. The Kier molecular flexibility index (Phi) is 4.32. The van der Waals surface area contributed by atoms with Crippen molar-refractivity contribution in [2.75, 3.05) is 6.54 Å². The fourth-order valence-electron chi connectivity index (χ4n) is 2.25. The maximum absolute atomic E-state index is 13.3. The van der Waals surface area contributed by atoms with Crippen LogP contribution in [0.25, 0.3) is 0 Å². The molecule has 0 saturated heterocycles. The van der Waals surface area contributed by atoms with Crippen molar-refractivity contribution in [2.45, 2.75) is 26.3 Å². The first-order chi connectivity index (χ1) is 9.10. The Morgan fingerprint density at radius 3 is 2.79 bits per heavy atom. The lowest BCUT2D eigenvalue weighted by atomic mass is 9.99. The van der Waals surface area contributed by atoms with E-state index >= 15 is 0 Å². The second-order valence-electron chi connectivity index (χ2n) is 4.85. The van der Waals surface area contributed by atoms with E-state index in [-0.39, 0.29) is 11.9 Å². The Balaban J connectivity index is 2.21.